The van der Waals surface area contributed by atoms with Gasteiger partial charge in [0.25, 0.3) is 0 Å². The fourth-order valence-electron chi connectivity index (χ4n) is 7.04. The number of aliphatic imine (C=N–C) groups is 1. The van der Waals surface area contributed by atoms with E-state index in [4.69, 9.17) is 4.99 Å². The molecule has 0 radical (unpaired) electrons. The van der Waals surface area contributed by atoms with E-state index in [1.165, 1.54) is 0 Å². The molecular weight excluding hydrogens is 536 g/mol. The van der Waals surface area contributed by atoms with Gasteiger partial charge in [0.15, 0.2) is 5.88 Å². The lowest BCUT2D eigenvalue weighted by Gasteiger charge is -2.23. The Kier molecular flexibility index (Phi) is 6.19. The molecule has 5 aromatic rings. The Bertz CT molecular complexity index is 1810. The highest BCUT2D eigenvalue weighted by Gasteiger charge is 2.55. The number of amides is 1. The Hall–Kier alpha value is -4.69. The molecule has 2 aromatic heterocycles. The van der Waals surface area contributed by atoms with Crippen LogP contribution in [0.15, 0.2) is 90.1 Å². The van der Waals surface area contributed by atoms with Gasteiger partial charge < -0.3 is 19.9 Å². The summed E-state index contributed by atoms with van der Waals surface area (Å²) in [6.45, 7) is 2.25. The topological polar surface area (TPSA) is 101 Å². The molecule has 2 atom stereocenters. The number of likely N-dealkylation sites (tertiary alicyclic amines) is 1. The molecule has 1 aliphatic heterocycles. The number of nitrogens with zero attached hydrogens (tertiary/aromatic N) is 4. The van der Waals surface area contributed by atoms with Gasteiger partial charge in [-0.15, -0.1) is 0 Å². The second kappa shape index (κ2) is 10.2. The van der Waals surface area contributed by atoms with Gasteiger partial charge in [-0.1, -0.05) is 42.5 Å². The molecule has 3 aromatic carbocycles. The number of carbonyl (C=O) groups excluding carboxylic acids is 1. The predicted molar refractivity (Wildman–Crippen MR) is 169 cm³/mol. The minimum atomic E-state index is 0.0672. The van der Waals surface area contributed by atoms with Gasteiger partial charge in [0.05, 0.1) is 22.7 Å². The molecule has 216 valence electrons. The highest BCUT2D eigenvalue weighted by Crippen LogP contribution is 2.53. The standard InChI is InChI=1S/C35H34N6O2/c1-40-19-28-27(29(28)20-40)18-32(42)41(25-12-13-25)24-10-8-23(9-11-24)37-34(21-5-3-2-4-6-21)33-26-14-7-22(30-15-16-36-39-30)17-31(26)38-35(33)43/h2-11,14-17,25,27-29,38,43H,12-13,18-20H2,1H3,(H,36,39). The van der Waals surface area contributed by atoms with E-state index in [-0.39, 0.29) is 11.8 Å². The quantitative estimate of drug-likeness (QED) is 0.196. The van der Waals surface area contributed by atoms with E-state index < -0.39 is 0 Å². The van der Waals surface area contributed by atoms with Crippen molar-refractivity contribution in [2.75, 3.05) is 25.0 Å². The number of carbonyl (C=O) groups is 1. The number of nitrogens with one attached hydrogen (secondary N) is 2. The molecule has 2 unspecified atom stereocenters. The summed E-state index contributed by atoms with van der Waals surface area (Å²) in [6.07, 6.45) is 4.50. The lowest BCUT2D eigenvalue weighted by atomic mass is 9.99. The van der Waals surface area contributed by atoms with Crippen LogP contribution in [0.1, 0.15) is 30.4 Å². The fourth-order valence-corrected chi connectivity index (χ4v) is 7.04. The number of aromatic nitrogens is 3. The van der Waals surface area contributed by atoms with E-state index in [2.05, 4.69) is 27.1 Å². The van der Waals surface area contributed by atoms with Gasteiger partial charge in [0, 0.05) is 59.5 Å². The maximum absolute atomic E-state index is 13.5. The summed E-state index contributed by atoms with van der Waals surface area (Å²) < 4.78 is 0. The Morgan fingerprint density at radius 2 is 1.79 bits per heavy atom. The average molecular weight is 571 g/mol. The van der Waals surface area contributed by atoms with Gasteiger partial charge in [-0.3, -0.25) is 9.89 Å². The summed E-state index contributed by atoms with van der Waals surface area (Å²) >= 11 is 0. The molecule has 2 aliphatic carbocycles. The van der Waals surface area contributed by atoms with Crippen LogP contribution in [0, 0.1) is 17.8 Å². The third-order valence-electron chi connectivity index (χ3n) is 9.39. The van der Waals surface area contributed by atoms with E-state index in [1.807, 2.05) is 83.8 Å². The minimum Gasteiger partial charge on any atom is -0.494 e. The Balaban J connectivity index is 1.11. The summed E-state index contributed by atoms with van der Waals surface area (Å²) in [7, 11) is 2.17. The summed E-state index contributed by atoms with van der Waals surface area (Å²) in [5.74, 6) is 2.26. The third kappa shape index (κ3) is 4.81. The van der Waals surface area contributed by atoms with Crippen LogP contribution >= 0.6 is 0 Å². The third-order valence-corrected chi connectivity index (χ3v) is 9.39. The molecule has 8 rings (SSSR count). The smallest absolute Gasteiger partial charge is 0.227 e. The van der Waals surface area contributed by atoms with E-state index in [0.717, 1.165) is 65.0 Å². The Morgan fingerprint density at radius 1 is 1.02 bits per heavy atom. The van der Waals surface area contributed by atoms with Gasteiger partial charge in [0.1, 0.15) is 0 Å². The van der Waals surface area contributed by atoms with Crippen LogP contribution < -0.4 is 4.90 Å². The Labute approximate surface area is 250 Å². The molecular formula is C35H34N6O2. The van der Waals surface area contributed by atoms with Crippen LogP contribution in [0.25, 0.3) is 22.2 Å². The number of hydrogen-bond donors (Lipinski definition) is 3. The maximum atomic E-state index is 13.5. The summed E-state index contributed by atoms with van der Waals surface area (Å²) in [4.78, 5) is 26.1. The van der Waals surface area contributed by atoms with Crippen LogP contribution in [-0.4, -0.2) is 63.0 Å². The molecule has 3 N–H and O–H groups in total. The normalized spacial score (nSPS) is 21.7. The van der Waals surface area contributed by atoms with E-state index >= 15 is 0 Å². The lowest BCUT2D eigenvalue weighted by molar-refractivity contribution is -0.119. The van der Waals surface area contributed by atoms with Crippen LogP contribution in [-0.2, 0) is 4.79 Å². The fraction of sp³-hybridized carbons (Fsp3) is 0.286. The van der Waals surface area contributed by atoms with Crippen molar-refractivity contribution in [1.82, 2.24) is 20.1 Å². The zero-order valence-electron chi connectivity index (χ0n) is 24.1. The zero-order valence-corrected chi connectivity index (χ0v) is 24.1. The first kappa shape index (κ1) is 26.0. The number of fused-ring (bicyclic) bond motifs is 2. The van der Waals surface area contributed by atoms with Crippen molar-refractivity contribution in [3.05, 3.63) is 96.2 Å². The van der Waals surface area contributed by atoms with Crippen molar-refractivity contribution in [2.45, 2.75) is 25.3 Å². The predicted octanol–water partition coefficient (Wildman–Crippen LogP) is 6.13. The minimum absolute atomic E-state index is 0.0672. The van der Waals surface area contributed by atoms with Gasteiger partial charge in [0.2, 0.25) is 5.91 Å². The molecule has 1 saturated heterocycles. The van der Waals surface area contributed by atoms with Crippen LogP contribution in [0.2, 0.25) is 0 Å². The molecule has 0 bridgehead atoms. The second-order valence-electron chi connectivity index (χ2n) is 12.3. The van der Waals surface area contributed by atoms with Crippen molar-refractivity contribution in [2.24, 2.45) is 22.7 Å². The molecule has 3 fully saturated rings. The van der Waals surface area contributed by atoms with Crippen molar-refractivity contribution in [1.29, 1.82) is 0 Å². The van der Waals surface area contributed by atoms with Crippen molar-refractivity contribution < 1.29 is 9.90 Å². The number of H-pyrrole nitrogens is 2. The first-order valence-corrected chi connectivity index (χ1v) is 15.1. The molecule has 43 heavy (non-hydrogen) atoms. The highest BCUT2D eigenvalue weighted by atomic mass is 16.3. The van der Waals surface area contributed by atoms with Crippen molar-refractivity contribution in [3.8, 4) is 17.1 Å². The van der Waals surface area contributed by atoms with E-state index in [1.54, 1.807) is 6.20 Å². The molecule has 2 saturated carbocycles. The zero-order chi connectivity index (χ0) is 29.1. The van der Waals surface area contributed by atoms with Gasteiger partial charge in [-0.2, -0.15) is 5.10 Å². The number of benzene rings is 3. The van der Waals surface area contributed by atoms with Crippen LogP contribution in [0.3, 0.4) is 0 Å². The molecule has 8 nitrogen and oxygen atoms in total. The van der Waals surface area contributed by atoms with Crippen LogP contribution in [0.4, 0.5) is 11.4 Å². The van der Waals surface area contributed by atoms with Crippen LogP contribution in [0.5, 0.6) is 5.88 Å². The first-order valence-electron chi connectivity index (χ1n) is 15.1. The summed E-state index contributed by atoms with van der Waals surface area (Å²) in [5.41, 5.74) is 6.60. The number of aromatic hydroxyl groups is 1. The highest BCUT2D eigenvalue weighted by molar-refractivity contribution is 6.22. The van der Waals surface area contributed by atoms with Crippen molar-refractivity contribution >= 4 is 33.9 Å². The van der Waals surface area contributed by atoms with Gasteiger partial charge >= 0.3 is 0 Å². The summed E-state index contributed by atoms with van der Waals surface area (Å²) in [6, 6.07) is 26.2. The lowest BCUT2D eigenvalue weighted by Crippen LogP contribution is -2.34. The Morgan fingerprint density at radius 3 is 2.49 bits per heavy atom. The molecule has 0 spiro atoms. The number of rotatable bonds is 8. The summed E-state index contributed by atoms with van der Waals surface area (Å²) in [5, 5.41) is 19.1. The van der Waals surface area contributed by atoms with E-state index in [0.29, 0.717) is 41.5 Å². The number of anilines is 1. The number of piperidine rings is 1. The number of aromatic amines is 2. The SMILES string of the molecule is CN1CC2C(CC(=O)N(c3ccc(N=C(c4ccccc4)c4c(O)[nH]c5cc(-c6ccn[nH]6)ccc45)cc3)C3CC3)C2C1. The largest absolute Gasteiger partial charge is 0.494 e. The number of hydrogen-bond acceptors (Lipinski definition) is 5. The molecule has 1 amide bonds. The van der Waals surface area contributed by atoms with Gasteiger partial charge in [-0.25, -0.2) is 4.99 Å². The van der Waals surface area contributed by atoms with E-state index in [9.17, 15) is 9.90 Å². The maximum Gasteiger partial charge on any atom is 0.227 e. The second-order valence-corrected chi connectivity index (χ2v) is 12.3. The van der Waals surface area contributed by atoms with Crippen molar-refractivity contribution in [3.63, 3.8) is 0 Å². The molecule has 3 heterocycles. The molecule has 3 aliphatic rings. The average Bonchev–Trinajstić information content (AvgIpc) is 3.73. The van der Waals surface area contributed by atoms with Gasteiger partial charge in [-0.05, 0) is 74.0 Å². The monoisotopic (exact) mass is 570 g/mol. The molecule has 8 heteroatoms. The first-order chi connectivity index (χ1) is 21.0.